The third-order valence-corrected chi connectivity index (χ3v) is 4.17. The molecule has 2 amide bonds. The maximum Gasteiger partial charge on any atom is 0.326 e. The van der Waals surface area contributed by atoms with E-state index >= 15 is 0 Å². The molecule has 0 aliphatic carbocycles. The molecule has 0 saturated heterocycles. The number of aliphatic carboxylic acids is 1. The van der Waals surface area contributed by atoms with E-state index in [1.807, 2.05) is 0 Å². The molecule has 3 unspecified atom stereocenters. The molecule has 9 heteroatoms. The van der Waals surface area contributed by atoms with Crippen LogP contribution >= 0.6 is 12.6 Å². The predicted molar refractivity (Wildman–Crippen MR) is 100.0 cm³/mol. The van der Waals surface area contributed by atoms with Crippen molar-refractivity contribution in [1.29, 1.82) is 0 Å². The molecular weight excluding hydrogens is 358 g/mol. The van der Waals surface area contributed by atoms with E-state index in [-0.39, 0.29) is 23.8 Å². The summed E-state index contributed by atoms with van der Waals surface area (Å²) in [4.78, 5) is 36.0. The standard InChI is InChI=1S/C17H25N3O5S/c1-9(2)14(17(24)25)20-16(23)13(19-15(22)12(18)8-26)7-10-3-5-11(21)6-4-10/h3-6,9,12-14,21,26H,7-8,18H2,1-2H3,(H,19,22)(H,20,23)(H,24,25). The number of carboxylic acids is 1. The molecule has 6 N–H and O–H groups in total. The summed E-state index contributed by atoms with van der Waals surface area (Å²) in [6.45, 7) is 3.34. The molecule has 1 rings (SSSR count). The van der Waals surface area contributed by atoms with Crippen molar-refractivity contribution in [2.24, 2.45) is 11.7 Å². The first-order chi connectivity index (χ1) is 12.1. The molecular formula is C17H25N3O5S. The van der Waals surface area contributed by atoms with Gasteiger partial charge in [-0.25, -0.2) is 4.79 Å². The maximum atomic E-state index is 12.6. The fraction of sp³-hybridized carbons (Fsp3) is 0.471. The number of aromatic hydroxyl groups is 1. The molecule has 0 fully saturated rings. The fourth-order valence-corrected chi connectivity index (χ4v) is 2.37. The van der Waals surface area contributed by atoms with Gasteiger partial charge in [-0.3, -0.25) is 9.59 Å². The Morgan fingerprint density at radius 1 is 1.12 bits per heavy atom. The van der Waals surface area contributed by atoms with Crippen molar-refractivity contribution in [2.45, 2.75) is 38.4 Å². The lowest BCUT2D eigenvalue weighted by molar-refractivity contribution is -0.143. The fourth-order valence-electron chi connectivity index (χ4n) is 2.21. The third kappa shape index (κ3) is 6.57. The van der Waals surface area contributed by atoms with E-state index in [1.54, 1.807) is 26.0 Å². The molecule has 0 aliphatic heterocycles. The summed E-state index contributed by atoms with van der Waals surface area (Å²) in [6.07, 6.45) is 0.113. The van der Waals surface area contributed by atoms with Crippen LogP contribution in [0.25, 0.3) is 0 Å². The number of carboxylic acid groups (broad SMARTS) is 1. The second-order valence-corrected chi connectivity index (χ2v) is 6.65. The van der Waals surface area contributed by atoms with E-state index in [2.05, 4.69) is 23.3 Å². The lowest BCUT2D eigenvalue weighted by Crippen LogP contribution is -2.56. The van der Waals surface area contributed by atoms with Crippen LogP contribution in [-0.2, 0) is 20.8 Å². The van der Waals surface area contributed by atoms with Gasteiger partial charge in [0.15, 0.2) is 0 Å². The zero-order valence-electron chi connectivity index (χ0n) is 14.7. The highest BCUT2D eigenvalue weighted by Crippen LogP contribution is 2.12. The molecule has 8 nitrogen and oxygen atoms in total. The Labute approximate surface area is 157 Å². The molecule has 0 radical (unpaired) electrons. The molecule has 3 atom stereocenters. The van der Waals surface area contributed by atoms with Gasteiger partial charge in [-0.1, -0.05) is 26.0 Å². The number of hydrogen-bond donors (Lipinski definition) is 6. The van der Waals surface area contributed by atoms with E-state index in [0.717, 1.165) is 0 Å². The minimum absolute atomic E-state index is 0.0710. The molecule has 1 aromatic carbocycles. The van der Waals surface area contributed by atoms with E-state index < -0.39 is 35.9 Å². The molecule has 0 saturated carbocycles. The van der Waals surface area contributed by atoms with Crippen LogP contribution in [0.3, 0.4) is 0 Å². The van der Waals surface area contributed by atoms with Crippen molar-refractivity contribution in [3.8, 4) is 5.75 Å². The van der Waals surface area contributed by atoms with Gasteiger partial charge in [0.05, 0.1) is 6.04 Å². The molecule has 144 valence electrons. The monoisotopic (exact) mass is 383 g/mol. The zero-order chi connectivity index (χ0) is 19.9. The van der Waals surface area contributed by atoms with Crippen molar-refractivity contribution in [3.63, 3.8) is 0 Å². The number of benzene rings is 1. The normalized spacial score (nSPS) is 14.3. The van der Waals surface area contributed by atoms with Crippen LogP contribution in [0.2, 0.25) is 0 Å². The second-order valence-electron chi connectivity index (χ2n) is 6.29. The number of phenolic OH excluding ortho intramolecular Hbond substituents is 1. The first-order valence-electron chi connectivity index (χ1n) is 8.13. The average Bonchev–Trinajstić information content (AvgIpc) is 2.59. The zero-order valence-corrected chi connectivity index (χ0v) is 15.6. The molecule has 0 aromatic heterocycles. The number of nitrogens with two attached hydrogens (primary N) is 1. The van der Waals surface area contributed by atoms with Gasteiger partial charge in [-0.15, -0.1) is 0 Å². The molecule has 26 heavy (non-hydrogen) atoms. The number of thiol groups is 1. The number of nitrogens with one attached hydrogen (secondary N) is 2. The molecule has 0 bridgehead atoms. The molecule has 0 spiro atoms. The van der Waals surface area contributed by atoms with Gasteiger partial charge in [-0.2, -0.15) is 12.6 Å². The van der Waals surface area contributed by atoms with E-state index in [0.29, 0.717) is 5.56 Å². The summed E-state index contributed by atoms with van der Waals surface area (Å²) in [6, 6.07) is 3.14. The Hall–Kier alpha value is -2.26. The highest BCUT2D eigenvalue weighted by Gasteiger charge is 2.29. The smallest absolute Gasteiger partial charge is 0.326 e. The maximum absolute atomic E-state index is 12.6. The highest BCUT2D eigenvalue weighted by molar-refractivity contribution is 7.80. The SMILES string of the molecule is CC(C)C(NC(=O)C(Cc1ccc(O)cc1)NC(=O)C(N)CS)C(=O)O. The largest absolute Gasteiger partial charge is 0.508 e. The lowest BCUT2D eigenvalue weighted by atomic mass is 10.0. The van der Waals surface area contributed by atoms with Crippen LogP contribution < -0.4 is 16.4 Å². The Balaban J connectivity index is 2.97. The summed E-state index contributed by atoms with van der Waals surface area (Å²) in [5, 5.41) is 23.6. The van der Waals surface area contributed by atoms with E-state index in [4.69, 9.17) is 5.73 Å². The van der Waals surface area contributed by atoms with Crippen molar-refractivity contribution in [2.75, 3.05) is 5.75 Å². The lowest BCUT2D eigenvalue weighted by Gasteiger charge is -2.24. The Bertz CT molecular complexity index is 636. The van der Waals surface area contributed by atoms with Crippen LogP contribution in [0, 0.1) is 5.92 Å². The van der Waals surface area contributed by atoms with Gasteiger partial charge in [0.2, 0.25) is 11.8 Å². The van der Waals surface area contributed by atoms with Crippen LogP contribution in [0.4, 0.5) is 0 Å². The topological polar surface area (TPSA) is 142 Å². The van der Waals surface area contributed by atoms with Gasteiger partial charge >= 0.3 is 5.97 Å². The summed E-state index contributed by atoms with van der Waals surface area (Å²) in [5.41, 5.74) is 6.31. The van der Waals surface area contributed by atoms with Gasteiger partial charge < -0.3 is 26.6 Å². The van der Waals surface area contributed by atoms with Crippen molar-refractivity contribution < 1.29 is 24.6 Å². The molecule has 1 aromatic rings. The van der Waals surface area contributed by atoms with Crippen LogP contribution in [0.1, 0.15) is 19.4 Å². The summed E-state index contributed by atoms with van der Waals surface area (Å²) in [7, 11) is 0. The van der Waals surface area contributed by atoms with Gasteiger partial charge in [-0.05, 0) is 23.6 Å². The molecule has 0 heterocycles. The highest BCUT2D eigenvalue weighted by atomic mass is 32.1. The predicted octanol–water partition coefficient (Wildman–Crippen LogP) is -0.0980. The van der Waals surface area contributed by atoms with Gasteiger partial charge in [0.25, 0.3) is 0 Å². The number of carbonyl (C=O) groups excluding carboxylic acids is 2. The summed E-state index contributed by atoms with van der Waals surface area (Å²) >= 11 is 3.96. The number of amides is 2. The number of carbonyl (C=O) groups is 3. The minimum Gasteiger partial charge on any atom is -0.508 e. The minimum atomic E-state index is -1.16. The number of phenols is 1. The Morgan fingerprint density at radius 3 is 2.15 bits per heavy atom. The first kappa shape index (κ1) is 21.8. The Kier molecular flexibility index (Phi) is 8.40. The van der Waals surface area contributed by atoms with Crippen LogP contribution in [0.5, 0.6) is 5.75 Å². The van der Waals surface area contributed by atoms with Gasteiger partial charge in [0, 0.05) is 12.2 Å². The quantitative estimate of drug-likeness (QED) is 0.329. The van der Waals surface area contributed by atoms with Crippen molar-refractivity contribution in [1.82, 2.24) is 10.6 Å². The molecule has 0 aliphatic rings. The van der Waals surface area contributed by atoms with E-state index in [9.17, 15) is 24.6 Å². The van der Waals surface area contributed by atoms with Crippen LogP contribution in [-0.4, -0.2) is 51.9 Å². The summed E-state index contributed by atoms with van der Waals surface area (Å²) in [5.74, 6) is -2.50. The third-order valence-electron chi connectivity index (χ3n) is 3.77. The van der Waals surface area contributed by atoms with Crippen LogP contribution in [0.15, 0.2) is 24.3 Å². The Morgan fingerprint density at radius 2 is 1.69 bits per heavy atom. The second kappa shape index (κ2) is 10.0. The van der Waals surface area contributed by atoms with Gasteiger partial charge in [0.1, 0.15) is 17.8 Å². The van der Waals surface area contributed by atoms with Crippen molar-refractivity contribution >= 4 is 30.4 Å². The number of hydrogen-bond acceptors (Lipinski definition) is 6. The average molecular weight is 383 g/mol. The van der Waals surface area contributed by atoms with Crippen molar-refractivity contribution in [3.05, 3.63) is 29.8 Å². The summed E-state index contributed by atoms with van der Waals surface area (Å²) < 4.78 is 0. The van der Waals surface area contributed by atoms with E-state index in [1.165, 1.54) is 12.1 Å². The number of rotatable bonds is 9. The first-order valence-corrected chi connectivity index (χ1v) is 8.76.